The van der Waals surface area contributed by atoms with Crippen LogP contribution >= 0.6 is 0 Å². The van der Waals surface area contributed by atoms with Gasteiger partial charge < -0.3 is 20.5 Å². The highest BCUT2D eigenvalue weighted by molar-refractivity contribution is 5.66. The van der Waals surface area contributed by atoms with Crippen molar-refractivity contribution in [1.29, 1.82) is 0 Å². The van der Waals surface area contributed by atoms with E-state index >= 15 is 0 Å². The topological polar surface area (TPSA) is 70.6 Å². The SMILES string of the molecule is CNC(=O)OC[C@@H]1CNC[C@@H]1O. The van der Waals surface area contributed by atoms with Crippen LogP contribution < -0.4 is 10.6 Å². The van der Waals surface area contributed by atoms with Gasteiger partial charge in [0.05, 0.1) is 12.7 Å². The fraction of sp³-hybridized carbons (Fsp3) is 0.857. The van der Waals surface area contributed by atoms with Crippen molar-refractivity contribution in [3.8, 4) is 0 Å². The summed E-state index contributed by atoms with van der Waals surface area (Å²) >= 11 is 0. The molecule has 70 valence electrons. The minimum Gasteiger partial charge on any atom is -0.449 e. The van der Waals surface area contributed by atoms with Crippen LogP contribution in [0.5, 0.6) is 0 Å². The molecular weight excluding hydrogens is 160 g/mol. The van der Waals surface area contributed by atoms with Gasteiger partial charge in [0.1, 0.15) is 0 Å². The van der Waals surface area contributed by atoms with Gasteiger partial charge >= 0.3 is 6.09 Å². The number of hydrogen-bond acceptors (Lipinski definition) is 4. The molecule has 0 radical (unpaired) electrons. The molecule has 0 aliphatic carbocycles. The van der Waals surface area contributed by atoms with Crippen molar-refractivity contribution in [3.63, 3.8) is 0 Å². The average molecular weight is 174 g/mol. The van der Waals surface area contributed by atoms with Crippen molar-refractivity contribution in [2.24, 2.45) is 5.92 Å². The number of alkyl carbamates (subject to hydrolysis) is 1. The first-order valence-corrected chi connectivity index (χ1v) is 3.97. The second kappa shape index (κ2) is 4.27. The Labute approximate surface area is 71.1 Å². The van der Waals surface area contributed by atoms with Gasteiger partial charge in [0, 0.05) is 26.1 Å². The van der Waals surface area contributed by atoms with Gasteiger partial charge in [-0.15, -0.1) is 0 Å². The first kappa shape index (κ1) is 9.28. The molecule has 1 amide bonds. The van der Waals surface area contributed by atoms with Crippen LogP contribution in [-0.2, 0) is 4.74 Å². The van der Waals surface area contributed by atoms with E-state index in [1.165, 1.54) is 7.05 Å². The van der Waals surface area contributed by atoms with E-state index in [0.29, 0.717) is 13.1 Å². The molecule has 1 fully saturated rings. The van der Waals surface area contributed by atoms with Gasteiger partial charge in [-0.3, -0.25) is 0 Å². The summed E-state index contributed by atoms with van der Waals surface area (Å²) in [6, 6.07) is 0. The highest BCUT2D eigenvalue weighted by Gasteiger charge is 2.25. The molecule has 1 saturated heterocycles. The third kappa shape index (κ3) is 2.35. The van der Waals surface area contributed by atoms with E-state index in [4.69, 9.17) is 4.74 Å². The zero-order chi connectivity index (χ0) is 8.97. The zero-order valence-corrected chi connectivity index (χ0v) is 7.04. The number of aliphatic hydroxyl groups excluding tert-OH is 1. The van der Waals surface area contributed by atoms with Crippen LogP contribution in [0.15, 0.2) is 0 Å². The number of hydrogen-bond donors (Lipinski definition) is 3. The van der Waals surface area contributed by atoms with Crippen molar-refractivity contribution in [2.75, 3.05) is 26.7 Å². The van der Waals surface area contributed by atoms with E-state index in [9.17, 15) is 9.90 Å². The molecular formula is C7H14N2O3. The lowest BCUT2D eigenvalue weighted by molar-refractivity contribution is 0.0816. The van der Waals surface area contributed by atoms with Gasteiger partial charge in [-0.2, -0.15) is 0 Å². The van der Waals surface area contributed by atoms with Gasteiger partial charge in [0.15, 0.2) is 0 Å². The van der Waals surface area contributed by atoms with Gasteiger partial charge in [-0.1, -0.05) is 0 Å². The quantitative estimate of drug-likeness (QED) is 0.498. The molecule has 0 aromatic carbocycles. The van der Waals surface area contributed by atoms with E-state index in [1.54, 1.807) is 0 Å². The average Bonchev–Trinajstić information content (AvgIpc) is 2.47. The predicted octanol–water partition coefficient (Wildman–Crippen LogP) is -1.08. The van der Waals surface area contributed by atoms with E-state index in [1.807, 2.05) is 0 Å². The molecule has 0 bridgehead atoms. The second-order valence-electron chi connectivity index (χ2n) is 2.83. The predicted molar refractivity (Wildman–Crippen MR) is 42.8 cm³/mol. The van der Waals surface area contributed by atoms with Crippen LogP contribution in [0.2, 0.25) is 0 Å². The highest BCUT2D eigenvalue weighted by atomic mass is 16.5. The lowest BCUT2D eigenvalue weighted by Crippen LogP contribution is -2.27. The molecule has 0 aromatic rings. The first-order chi connectivity index (χ1) is 5.74. The van der Waals surface area contributed by atoms with Crippen LogP contribution in [0.3, 0.4) is 0 Å². The smallest absolute Gasteiger partial charge is 0.406 e. The second-order valence-corrected chi connectivity index (χ2v) is 2.83. The minimum absolute atomic E-state index is 0.0299. The van der Waals surface area contributed by atoms with E-state index in [0.717, 1.165) is 0 Å². The number of β-amino-alcohol motifs (C(OH)–C–C–N with tert-alkyl or cyclic N) is 1. The summed E-state index contributed by atoms with van der Waals surface area (Å²) in [6.07, 6.45) is -0.844. The molecule has 0 unspecified atom stereocenters. The van der Waals surface area contributed by atoms with Crippen molar-refractivity contribution < 1.29 is 14.6 Å². The van der Waals surface area contributed by atoms with Crippen molar-refractivity contribution in [3.05, 3.63) is 0 Å². The Balaban J connectivity index is 2.18. The third-order valence-corrected chi connectivity index (χ3v) is 1.94. The maximum atomic E-state index is 10.6. The standard InChI is InChI=1S/C7H14N2O3/c1-8-7(11)12-4-5-2-9-3-6(5)10/h5-6,9-10H,2-4H2,1H3,(H,8,11)/t5-,6-/m0/s1. The number of rotatable bonds is 2. The van der Waals surface area contributed by atoms with Gasteiger partial charge in [-0.25, -0.2) is 4.79 Å². The normalized spacial score (nSPS) is 28.5. The molecule has 1 aliphatic heterocycles. The number of carbonyl (C=O) groups excluding carboxylic acids is 1. The molecule has 1 aliphatic rings. The van der Waals surface area contributed by atoms with E-state index < -0.39 is 12.2 Å². The maximum absolute atomic E-state index is 10.6. The van der Waals surface area contributed by atoms with E-state index in [-0.39, 0.29) is 12.5 Å². The summed E-state index contributed by atoms with van der Waals surface area (Å²) in [5.74, 6) is 0.0299. The van der Waals surface area contributed by atoms with Crippen molar-refractivity contribution in [1.82, 2.24) is 10.6 Å². The Morgan fingerprint density at radius 1 is 1.75 bits per heavy atom. The fourth-order valence-electron chi connectivity index (χ4n) is 1.14. The van der Waals surface area contributed by atoms with Gasteiger partial charge in [-0.05, 0) is 0 Å². The van der Waals surface area contributed by atoms with Crippen LogP contribution in [0.1, 0.15) is 0 Å². The number of ether oxygens (including phenoxy) is 1. The lowest BCUT2D eigenvalue weighted by Gasteiger charge is -2.12. The Kier molecular flexibility index (Phi) is 3.31. The van der Waals surface area contributed by atoms with Crippen molar-refractivity contribution in [2.45, 2.75) is 6.10 Å². The molecule has 1 heterocycles. The Morgan fingerprint density at radius 3 is 3.00 bits per heavy atom. The van der Waals surface area contributed by atoms with Crippen LogP contribution in [0.25, 0.3) is 0 Å². The van der Waals surface area contributed by atoms with Crippen LogP contribution in [-0.4, -0.2) is 44.0 Å². The Hall–Kier alpha value is -0.810. The molecule has 1 rings (SSSR count). The number of amides is 1. The molecule has 5 heteroatoms. The van der Waals surface area contributed by atoms with Crippen LogP contribution in [0.4, 0.5) is 4.79 Å². The lowest BCUT2D eigenvalue weighted by atomic mass is 10.1. The first-order valence-electron chi connectivity index (χ1n) is 3.97. The number of carbonyl (C=O) groups is 1. The van der Waals surface area contributed by atoms with Crippen molar-refractivity contribution >= 4 is 6.09 Å². The Bertz CT molecular complexity index is 163. The van der Waals surface area contributed by atoms with Gasteiger partial charge in [0.25, 0.3) is 0 Å². The summed E-state index contributed by atoms with van der Waals surface area (Å²) in [6.45, 7) is 1.56. The van der Waals surface area contributed by atoms with E-state index in [2.05, 4.69) is 10.6 Å². The summed E-state index contributed by atoms with van der Waals surface area (Å²) < 4.78 is 4.80. The molecule has 5 nitrogen and oxygen atoms in total. The number of nitrogens with one attached hydrogen (secondary N) is 2. The third-order valence-electron chi connectivity index (χ3n) is 1.94. The molecule has 0 saturated carbocycles. The molecule has 0 aromatic heterocycles. The van der Waals surface area contributed by atoms with Gasteiger partial charge in [0.2, 0.25) is 0 Å². The largest absolute Gasteiger partial charge is 0.449 e. The summed E-state index contributed by atoms with van der Waals surface area (Å²) in [7, 11) is 1.51. The summed E-state index contributed by atoms with van der Waals surface area (Å²) in [4.78, 5) is 10.6. The van der Waals surface area contributed by atoms with Crippen LogP contribution in [0, 0.1) is 5.92 Å². The monoisotopic (exact) mass is 174 g/mol. The minimum atomic E-state index is -0.450. The number of aliphatic hydroxyl groups is 1. The molecule has 2 atom stereocenters. The summed E-state index contributed by atoms with van der Waals surface area (Å²) in [5.41, 5.74) is 0. The maximum Gasteiger partial charge on any atom is 0.406 e. The Morgan fingerprint density at radius 2 is 2.50 bits per heavy atom. The molecule has 3 N–H and O–H groups in total. The zero-order valence-electron chi connectivity index (χ0n) is 7.04. The molecule has 0 spiro atoms. The summed E-state index contributed by atoms with van der Waals surface area (Å²) in [5, 5.41) is 14.6. The highest BCUT2D eigenvalue weighted by Crippen LogP contribution is 2.08. The fourth-order valence-corrected chi connectivity index (χ4v) is 1.14. The molecule has 12 heavy (non-hydrogen) atoms.